The van der Waals surface area contributed by atoms with Gasteiger partial charge in [-0.05, 0) is 16.9 Å². The lowest BCUT2D eigenvalue weighted by Gasteiger charge is -2.32. The van der Waals surface area contributed by atoms with Crippen molar-refractivity contribution >= 4 is 22.9 Å². The Labute approximate surface area is 160 Å². The molecule has 2 aromatic rings. The molecule has 0 saturated carbocycles. The molecule has 0 spiro atoms. The van der Waals surface area contributed by atoms with Gasteiger partial charge >= 0.3 is 5.69 Å². The van der Waals surface area contributed by atoms with Gasteiger partial charge < -0.3 is 10.8 Å². The fourth-order valence-electron chi connectivity index (χ4n) is 3.67. The molecule has 2 heterocycles. The molecule has 1 atom stereocenters. The minimum atomic E-state index is -0.806. The first-order chi connectivity index (χ1) is 12.5. The van der Waals surface area contributed by atoms with E-state index in [1.54, 1.807) is 6.07 Å². The second-order valence-corrected chi connectivity index (χ2v) is 8.73. The third-order valence-corrected chi connectivity index (χ3v) is 5.98. The average molecular weight is 389 g/mol. The van der Waals surface area contributed by atoms with Crippen LogP contribution in [0.5, 0.6) is 0 Å². The van der Waals surface area contributed by atoms with Crippen molar-refractivity contribution in [2.24, 2.45) is 19.5 Å². The molecule has 0 bridgehead atoms. The Morgan fingerprint density at radius 3 is 2.41 bits per heavy atom. The lowest BCUT2D eigenvalue weighted by atomic mass is 9.72. The minimum absolute atomic E-state index is 0.000524. The lowest BCUT2D eigenvalue weighted by Crippen LogP contribution is -2.42. The predicted octanol–water partition coefficient (Wildman–Crippen LogP) is 2.06. The van der Waals surface area contributed by atoms with Gasteiger partial charge in [-0.3, -0.25) is 18.7 Å². The van der Waals surface area contributed by atoms with E-state index in [0.717, 1.165) is 4.57 Å². The standard InChI is InChI=1S/C19H23N3O4S/c1-19(2)8-10(23)13(11(24)9-19)14(12-6-5-7-27-12)15-16(20)21(3)18(26)22(4)17(15)25/h5-7,14,23H,8-9,20H2,1-4H3. The molecule has 8 heteroatoms. The van der Waals surface area contributed by atoms with Crippen LogP contribution in [-0.4, -0.2) is 20.0 Å². The van der Waals surface area contributed by atoms with Crippen LogP contribution in [-0.2, 0) is 18.9 Å². The highest BCUT2D eigenvalue weighted by Crippen LogP contribution is 2.44. The molecule has 3 N–H and O–H groups in total. The summed E-state index contributed by atoms with van der Waals surface area (Å²) in [7, 11) is 2.85. The fraction of sp³-hybridized carbons (Fsp3) is 0.421. The number of allylic oxidation sites excluding steroid dienone is 2. The second kappa shape index (κ2) is 6.53. The lowest BCUT2D eigenvalue weighted by molar-refractivity contribution is -0.118. The molecule has 0 amide bonds. The molecule has 1 aliphatic rings. The topological polar surface area (TPSA) is 107 Å². The highest BCUT2D eigenvalue weighted by Gasteiger charge is 2.40. The van der Waals surface area contributed by atoms with E-state index in [1.807, 2.05) is 25.3 Å². The van der Waals surface area contributed by atoms with Crippen LogP contribution >= 0.6 is 11.3 Å². The van der Waals surface area contributed by atoms with Crippen molar-refractivity contribution in [1.29, 1.82) is 0 Å². The van der Waals surface area contributed by atoms with Crippen LogP contribution in [0.1, 0.15) is 43.0 Å². The van der Waals surface area contributed by atoms with Gasteiger partial charge in [-0.15, -0.1) is 11.3 Å². The van der Waals surface area contributed by atoms with E-state index in [0.29, 0.717) is 11.3 Å². The first-order valence-corrected chi connectivity index (χ1v) is 9.47. The number of thiophene rings is 1. The van der Waals surface area contributed by atoms with Crippen molar-refractivity contribution in [3.63, 3.8) is 0 Å². The number of ketones is 1. The van der Waals surface area contributed by atoms with E-state index in [9.17, 15) is 19.5 Å². The number of carbonyl (C=O) groups excluding carboxylic acids is 1. The Balaban J connectivity index is 2.36. The van der Waals surface area contributed by atoms with Crippen molar-refractivity contribution in [2.45, 2.75) is 32.6 Å². The summed E-state index contributed by atoms with van der Waals surface area (Å²) < 4.78 is 2.16. The van der Waals surface area contributed by atoms with Crippen molar-refractivity contribution in [1.82, 2.24) is 9.13 Å². The van der Waals surface area contributed by atoms with Crippen LogP contribution in [0.2, 0.25) is 0 Å². The Morgan fingerprint density at radius 1 is 1.19 bits per heavy atom. The summed E-state index contributed by atoms with van der Waals surface area (Å²) in [5.74, 6) is -1.04. The number of hydrogen-bond acceptors (Lipinski definition) is 6. The van der Waals surface area contributed by atoms with E-state index in [4.69, 9.17) is 5.73 Å². The maximum absolute atomic E-state index is 13.0. The summed E-state index contributed by atoms with van der Waals surface area (Å²) >= 11 is 1.37. The number of carbonyl (C=O) groups is 1. The monoisotopic (exact) mass is 389 g/mol. The molecule has 1 aliphatic carbocycles. The van der Waals surface area contributed by atoms with Gasteiger partial charge in [0, 0.05) is 37.4 Å². The van der Waals surface area contributed by atoms with Crippen LogP contribution in [0.15, 0.2) is 38.4 Å². The van der Waals surface area contributed by atoms with Crippen LogP contribution in [0.25, 0.3) is 0 Å². The molecule has 7 nitrogen and oxygen atoms in total. The summed E-state index contributed by atoms with van der Waals surface area (Å²) in [6.45, 7) is 3.83. The third-order valence-electron chi connectivity index (χ3n) is 5.05. The number of aliphatic hydroxyl groups is 1. The molecule has 0 aliphatic heterocycles. The van der Waals surface area contributed by atoms with E-state index in [2.05, 4.69) is 0 Å². The normalized spacial score (nSPS) is 18.0. The number of nitrogens with zero attached hydrogens (tertiary/aromatic N) is 2. The van der Waals surface area contributed by atoms with Crippen molar-refractivity contribution in [3.8, 4) is 0 Å². The number of anilines is 1. The number of nitrogen functional groups attached to an aromatic ring is 1. The Morgan fingerprint density at radius 2 is 1.85 bits per heavy atom. The molecule has 0 fully saturated rings. The van der Waals surface area contributed by atoms with Crippen LogP contribution in [0, 0.1) is 5.41 Å². The van der Waals surface area contributed by atoms with Gasteiger partial charge in [0.15, 0.2) is 5.78 Å². The van der Waals surface area contributed by atoms with Gasteiger partial charge in [-0.2, -0.15) is 0 Å². The van der Waals surface area contributed by atoms with Crippen molar-refractivity contribution in [2.75, 3.05) is 5.73 Å². The number of rotatable bonds is 3. The van der Waals surface area contributed by atoms with Crippen LogP contribution in [0.3, 0.4) is 0 Å². The highest BCUT2D eigenvalue weighted by atomic mass is 32.1. The van der Waals surface area contributed by atoms with Gasteiger partial charge in [0.05, 0.1) is 11.5 Å². The van der Waals surface area contributed by atoms with Gasteiger partial charge in [0.2, 0.25) is 0 Å². The van der Waals surface area contributed by atoms with Crippen molar-refractivity contribution in [3.05, 3.63) is 60.1 Å². The SMILES string of the molecule is Cn1c(N)c(C(C2=C(O)CC(C)(C)CC2=O)c2cccs2)c(=O)n(C)c1=O. The first-order valence-electron chi connectivity index (χ1n) is 8.59. The zero-order chi connectivity index (χ0) is 20.1. The predicted molar refractivity (Wildman–Crippen MR) is 105 cm³/mol. The molecule has 2 aromatic heterocycles. The second-order valence-electron chi connectivity index (χ2n) is 7.75. The maximum Gasteiger partial charge on any atom is 0.332 e. The maximum atomic E-state index is 13.0. The number of aromatic nitrogens is 2. The summed E-state index contributed by atoms with van der Waals surface area (Å²) in [5, 5.41) is 12.6. The molecule has 1 unspecified atom stereocenters. The Kier molecular flexibility index (Phi) is 4.63. The van der Waals surface area contributed by atoms with Gasteiger partial charge in [0.1, 0.15) is 11.6 Å². The third kappa shape index (κ3) is 3.14. The number of nitrogens with two attached hydrogens (primary N) is 1. The molecule has 0 radical (unpaired) electrons. The highest BCUT2D eigenvalue weighted by molar-refractivity contribution is 7.10. The van der Waals surface area contributed by atoms with Crippen LogP contribution < -0.4 is 17.0 Å². The van der Waals surface area contributed by atoms with E-state index >= 15 is 0 Å². The molecule has 144 valence electrons. The van der Waals surface area contributed by atoms with Gasteiger partial charge in [-0.25, -0.2) is 4.79 Å². The molecule has 3 rings (SSSR count). The van der Waals surface area contributed by atoms with Crippen LogP contribution in [0.4, 0.5) is 5.82 Å². The minimum Gasteiger partial charge on any atom is -0.512 e. The van der Waals surface area contributed by atoms with E-state index in [-0.39, 0.29) is 40.3 Å². The molecular formula is C19H23N3O4S. The first kappa shape index (κ1) is 19.2. The zero-order valence-corrected chi connectivity index (χ0v) is 16.6. The summed E-state index contributed by atoms with van der Waals surface area (Å²) in [5.41, 5.74) is 5.02. The zero-order valence-electron chi connectivity index (χ0n) is 15.8. The summed E-state index contributed by atoms with van der Waals surface area (Å²) in [6.07, 6.45) is 0.599. The number of Topliss-reactive ketones (excluding diaryl/α,β-unsaturated/α-hetero) is 1. The largest absolute Gasteiger partial charge is 0.512 e. The molecular weight excluding hydrogens is 366 g/mol. The molecule has 27 heavy (non-hydrogen) atoms. The van der Waals surface area contributed by atoms with Gasteiger partial charge in [-0.1, -0.05) is 19.9 Å². The summed E-state index contributed by atoms with van der Waals surface area (Å²) in [6, 6.07) is 3.61. The Bertz CT molecular complexity index is 1060. The average Bonchev–Trinajstić information content (AvgIpc) is 3.09. The Hall–Kier alpha value is -2.61. The van der Waals surface area contributed by atoms with Gasteiger partial charge in [0.25, 0.3) is 5.56 Å². The number of hydrogen-bond donors (Lipinski definition) is 2. The molecule has 0 aromatic carbocycles. The molecule has 0 saturated heterocycles. The quantitative estimate of drug-likeness (QED) is 0.835. The fourth-order valence-corrected chi connectivity index (χ4v) is 4.51. The smallest absolute Gasteiger partial charge is 0.332 e. The van der Waals surface area contributed by atoms with E-state index < -0.39 is 17.2 Å². The van der Waals surface area contributed by atoms with Crippen molar-refractivity contribution < 1.29 is 9.90 Å². The summed E-state index contributed by atoms with van der Waals surface area (Å²) in [4.78, 5) is 38.8. The van der Waals surface area contributed by atoms with E-state index in [1.165, 1.54) is 30.0 Å². The number of aliphatic hydroxyl groups excluding tert-OH is 1.